The Morgan fingerprint density at radius 2 is 2.19 bits per heavy atom. The molecule has 94 valence electrons. The minimum atomic E-state index is -0.0151. The summed E-state index contributed by atoms with van der Waals surface area (Å²) in [7, 11) is 1.60. The van der Waals surface area contributed by atoms with Gasteiger partial charge in [-0.15, -0.1) is 0 Å². The van der Waals surface area contributed by atoms with Crippen molar-refractivity contribution in [2.75, 3.05) is 20.3 Å². The molecule has 0 spiro atoms. The number of carbonyl (C=O) groups is 1. The van der Waals surface area contributed by atoms with Gasteiger partial charge in [0.05, 0.1) is 6.54 Å². The molecule has 6 nitrogen and oxygen atoms in total. The van der Waals surface area contributed by atoms with Crippen LogP contribution in [0.4, 0.5) is 0 Å². The number of nitrogens with zero attached hydrogens (tertiary/aromatic N) is 2. The van der Waals surface area contributed by atoms with E-state index in [-0.39, 0.29) is 24.3 Å². The van der Waals surface area contributed by atoms with Gasteiger partial charge in [-0.1, -0.05) is 5.16 Å². The summed E-state index contributed by atoms with van der Waals surface area (Å²) in [5, 5.41) is 11.3. The zero-order chi connectivity index (χ0) is 12.6. The molecule has 0 rings (SSSR count). The molecule has 16 heavy (non-hydrogen) atoms. The van der Waals surface area contributed by atoms with Gasteiger partial charge < -0.3 is 20.6 Å². The lowest BCUT2D eigenvalue weighted by Gasteiger charge is -2.26. The quantitative estimate of drug-likeness (QED) is 0.218. The van der Waals surface area contributed by atoms with Gasteiger partial charge in [-0.3, -0.25) is 4.79 Å². The minimum absolute atomic E-state index is 0.0151. The lowest BCUT2D eigenvalue weighted by Crippen LogP contribution is -2.42. The zero-order valence-electron chi connectivity index (χ0n) is 10.1. The molecule has 0 heterocycles. The fraction of sp³-hybridized carbons (Fsp3) is 0.800. The SMILES string of the molecule is COCCCC(=O)N(CC(N)=NO)C(C)C. The summed E-state index contributed by atoms with van der Waals surface area (Å²) in [4.78, 5) is 13.4. The second-order valence-electron chi connectivity index (χ2n) is 3.80. The first kappa shape index (κ1) is 14.7. The van der Waals surface area contributed by atoms with Gasteiger partial charge in [0.1, 0.15) is 0 Å². The number of hydrogen-bond acceptors (Lipinski definition) is 4. The molecule has 1 amide bonds. The summed E-state index contributed by atoms with van der Waals surface area (Å²) in [6.45, 7) is 4.49. The Morgan fingerprint density at radius 1 is 1.56 bits per heavy atom. The lowest BCUT2D eigenvalue weighted by atomic mass is 10.2. The van der Waals surface area contributed by atoms with Gasteiger partial charge in [0, 0.05) is 26.2 Å². The third kappa shape index (κ3) is 5.55. The van der Waals surface area contributed by atoms with Crippen LogP contribution < -0.4 is 5.73 Å². The van der Waals surface area contributed by atoms with Gasteiger partial charge in [0.2, 0.25) is 5.91 Å². The van der Waals surface area contributed by atoms with Gasteiger partial charge in [-0.2, -0.15) is 0 Å². The van der Waals surface area contributed by atoms with Crippen LogP contribution in [-0.2, 0) is 9.53 Å². The number of amides is 1. The number of oxime groups is 1. The van der Waals surface area contributed by atoms with E-state index in [1.165, 1.54) is 0 Å². The molecule has 0 atom stereocenters. The summed E-state index contributed by atoms with van der Waals surface area (Å²) in [5.74, 6) is 0.0208. The molecule has 6 heteroatoms. The molecule has 0 fully saturated rings. The van der Waals surface area contributed by atoms with Crippen molar-refractivity contribution in [3.63, 3.8) is 0 Å². The summed E-state index contributed by atoms with van der Waals surface area (Å²) in [6.07, 6.45) is 1.08. The molecule has 3 N–H and O–H groups in total. The number of rotatable bonds is 7. The fourth-order valence-corrected chi connectivity index (χ4v) is 1.28. The van der Waals surface area contributed by atoms with Crippen LogP contribution >= 0.6 is 0 Å². The molecule has 0 aliphatic carbocycles. The van der Waals surface area contributed by atoms with Crippen molar-refractivity contribution in [1.29, 1.82) is 0 Å². The van der Waals surface area contributed by atoms with E-state index in [0.717, 1.165) is 0 Å². The summed E-state index contributed by atoms with van der Waals surface area (Å²) >= 11 is 0. The number of carbonyl (C=O) groups excluding carboxylic acids is 1. The normalized spacial score (nSPS) is 11.9. The van der Waals surface area contributed by atoms with Crippen molar-refractivity contribution in [2.24, 2.45) is 10.9 Å². The molecule has 0 bridgehead atoms. The van der Waals surface area contributed by atoms with Crippen LogP contribution in [-0.4, -0.2) is 48.2 Å². The highest BCUT2D eigenvalue weighted by molar-refractivity contribution is 5.87. The smallest absolute Gasteiger partial charge is 0.223 e. The Morgan fingerprint density at radius 3 is 2.62 bits per heavy atom. The predicted molar refractivity (Wildman–Crippen MR) is 61.4 cm³/mol. The van der Waals surface area contributed by atoms with Gasteiger partial charge >= 0.3 is 0 Å². The van der Waals surface area contributed by atoms with Crippen molar-refractivity contribution in [1.82, 2.24) is 4.90 Å². The molecule has 0 radical (unpaired) electrons. The van der Waals surface area contributed by atoms with Crippen molar-refractivity contribution < 1.29 is 14.7 Å². The molecule has 0 saturated heterocycles. The first-order valence-corrected chi connectivity index (χ1v) is 5.27. The zero-order valence-corrected chi connectivity index (χ0v) is 10.1. The lowest BCUT2D eigenvalue weighted by molar-refractivity contribution is -0.132. The van der Waals surface area contributed by atoms with Gasteiger partial charge in [0.15, 0.2) is 5.84 Å². The highest BCUT2D eigenvalue weighted by Gasteiger charge is 2.17. The van der Waals surface area contributed by atoms with Crippen molar-refractivity contribution in [3.8, 4) is 0 Å². The standard InChI is InChI=1S/C10H21N3O3/c1-8(2)13(7-9(11)12-15)10(14)5-4-6-16-3/h8,15H,4-7H2,1-3H3,(H2,11,12). The number of methoxy groups -OCH3 is 1. The summed E-state index contributed by atoms with van der Waals surface area (Å²) < 4.78 is 4.88. The van der Waals surface area contributed by atoms with Crippen molar-refractivity contribution in [3.05, 3.63) is 0 Å². The van der Waals surface area contributed by atoms with Crippen LogP contribution in [0.2, 0.25) is 0 Å². The van der Waals surface area contributed by atoms with E-state index in [2.05, 4.69) is 5.16 Å². The number of amidine groups is 1. The maximum atomic E-state index is 11.8. The molecule has 0 aromatic rings. The van der Waals surface area contributed by atoms with E-state index in [4.69, 9.17) is 15.7 Å². The first-order valence-electron chi connectivity index (χ1n) is 5.27. The van der Waals surface area contributed by atoms with Crippen LogP contribution in [0.3, 0.4) is 0 Å². The van der Waals surface area contributed by atoms with Crippen molar-refractivity contribution in [2.45, 2.75) is 32.7 Å². The number of nitrogens with two attached hydrogens (primary N) is 1. The van der Waals surface area contributed by atoms with E-state index >= 15 is 0 Å². The second kappa shape index (κ2) is 7.92. The van der Waals surface area contributed by atoms with Gasteiger partial charge in [0.25, 0.3) is 0 Å². The highest BCUT2D eigenvalue weighted by atomic mass is 16.5. The van der Waals surface area contributed by atoms with Crippen LogP contribution in [0, 0.1) is 0 Å². The van der Waals surface area contributed by atoms with Gasteiger partial charge in [-0.25, -0.2) is 0 Å². The maximum Gasteiger partial charge on any atom is 0.223 e. The van der Waals surface area contributed by atoms with Crippen LogP contribution in [0.25, 0.3) is 0 Å². The third-order valence-corrected chi connectivity index (χ3v) is 2.14. The molecule has 0 saturated carbocycles. The van der Waals surface area contributed by atoms with Crippen LogP contribution in [0.5, 0.6) is 0 Å². The van der Waals surface area contributed by atoms with E-state index in [0.29, 0.717) is 19.4 Å². The molecular formula is C10H21N3O3. The number of hydrogen-bond donors (Lipinski definition) is 2. The average molecular weight is 231 g/mol. The summed E-state index contributed by atoms with van der Waals surface area (Å²) in [6, 6.07) is 0.0235. The monoisotopic (exact) mass is 231 g/mol. The van der Waals surface area contributed by atoms with Crippen LogP contribution in [0.1, 0.15) is 26.7 Å². The Bertz CT molecular complexity index is 241. The van der Waals surface area contributed by atoms with E-state index < -0.39 is 0 Å². The second-order valence-corrected chi connectivity index (χ2v) is 3.80. The maximum absolute atomic E-state index is 11.8. The molecule has 0 aromatic carbocycles. The van der Waals surface area contributed by atoms with Gasteiger partial charge in [-0.05, 0) is 20.3 Å². The molecular weight excluding hydrogens is 210 g/mol. The largest absolute Gasteiger partial charge is 0.409 e. The number of ether oxygens (including phenoxy) is 1. The summed E-state index contributed by atoms with van der Waals surface area (Å²) in [5.41, 5.74) is 5.39. The van der Waals surface area contributed by atoms with E-state index in [9.17, 15) is 4.79 Å². The molecule has 0 aliphatic heterocycles. The van der Waals surface area contributed by atoms with Crippen molar-refractivity contribution >= 4 is 11.7 Å². The Kier molecular flexibility index (Phi) is 7.28. The Balaban J connectivity index is 4.25. The van der Waals surface area contributed by atoms with E-state index in [1.807, 2.05) is 13.8 Å². The van der Waals surface area contributed by atoms with E-state index in [1.54, 1.807) is 12.0 Å². The topological polar surface area (TPSA) is 88.2 Å². The molecule has 0 aliphatic rings. The Hall–Kier alpha value is -1.30. The predicted octanol–water partition coefficient (Wildman–Crippen LogP) is 0.396. The Labute approximate surface area is 96.0 Å². The minimum Gasteiger partial charge on any atom is -0.409 e. The fourth-order valence-electron chi connectivity index (χ4n) is 1.28. The van der Waals surface area contributed by atoms with Crippen LogP contribution in [0.15, 0.2) is 5.16 Å². The first-order chi connectivity index (χ1) is 7.52. The molecule has 0 aromatic heterocycles. The third-order valence-electron chi connectivity index (χ3n) is 2.14. The average Bonchev–Trinajstić information content (AvgIpc) is 2.25. The molecule has 0 unspecified atom stereocenters. The highest BCUT2D eigenvalue weighted by Crippen LogP contribution is 2.03.